The predicted octanol–water partition coefficient (Wildman–Crippen LogP) is -0.104. The van der Waals surface area contributed by atoms with Gasteiger partial charge in [0.25, 0.3) is 5.91 Å². The van der Waals surface area contributed by atoms with Gasteiger partial charge in [0.05, 0.1) is 6.10 Å². The monoisotopic (exact) mass is 222 g/mol. The van der Waals surface area contributed by atoms with Crippen LogP contribution in [-0.4, -0.2) is 29.6 Å². The molecule has 0 saturated heterocycles. The normalized spacial score (nSPS) is 11.9. The van der Waals surface area contributed by atoms with E-state index in [1.165, 1.54) is 24.3 Å². The summed E-state index contributed by atoms with van der Waals surface area (Å²) in [5.41, 5.74) is 5.84. The molecule has 0 bridgehead atoms. The molecule has 0 heterocycles. The Balaban J connectivity index is 2.67. The van der Waals surface area contributed by atoms with E-state index in [-0.39, 0.29) is 12.5 Å². The van der Waals surface area contributed by atoms with Gasteiger partial charge in [-0.05, 0) is 31.2 Å². The second-order valence-electron chi connectivity index (χ2n) is 3.50. The van der Waals surface area contributed by atoms with Crippen LogP contribution in [0.4, 0.5) is 0 Å². The van der Waals surface area contributed by atoms with Crippen LogP contribution >= 0.6 is 0 Å². The first-order chi connectivity index (χ1) is 7.50. The third-order valence-corrected chi connectivity index (χ3v) is 1.99. The van der Waals surface area contributed by atoms with Crippen LogP contribution in [0.3, 0.4) is 0 Å². The minimum absolute atomic E-state index is 0.191. The summed E-state index contributed by atoms with van der Waals surface area (Å²) in [5, 5.41) is 11.5. The molecule has 1 aromatic rings. The summed E-state index contributed by atoms with van der Waals surface area (Å²) in [6.45, 7) is 1.77. The van der Waals surface area contributed by atoms with E-state index in [2.05, 4.69) is 5.32 Å². The molecule has 0 aliphatic rings. The first kappa shape index (κ1) is 12.2. The van der Waals surface area contributed by atoms with Crippen molar-refractivity contribution in [3.8, 4) is 0 Å². The first-order valence-electron chi connectivity index (χ1n) is 4.87. The van der Waals surface area contributed by atoms with Gasteiger partial charge in [0.15, 0.2) is 0 Å². The lowest BCUT2D eigenvalue weighted by atomic mass is 10.1. The molecule has 5 heteroatoms. The summed E-state index contributed by atoms with van der Waals surface area (Å²) >= 11 is 0. The van der Waals surface area contributed by atoms with Crippen molar-refractivity contribution in [2.75, 3.05) is 6.54 Å². The molecule has 0 aliphatic heterocycles. The second-order valence-corrected chi connectivity index (χ2v) is 3.50. The lowest BCUT2D eigenvalue weighted by Gasteiger charge is -2.07. The average molecular weight is 222 g/mol. The van der Waals surface area contributed by atoms with Crippen molar-refractivity contribution in [2.45, 2.75) is 13.0 Å². The summed E-state index contributed by atoms with van der Waals surface area (Å²) in [7, 11) is 0. The maximum atomic E-state index is 11.5. The summed E-state index contributed by atoms with van der Waals surface area (Å²) in [6, 6.07) is 5.99. The Hall–Kier alpha value is -1.88. The van der Waals surface area contributed by atoms with E-state index in [4.69, 9.17) is 10.8 Å². The van der Waals surface area contributed by atoms with Crippen LogP contribution in [0.1, 0.15) is 27.6 Å². The highest BCUT2D eigenvalue weighted by molar-refractivity contribution is 5.97. The number of aliphatic hydroxyl groups is 1. The van der Waals surface area contributed by atoms with Gasteiger partial charge in [0, 0.05) is 17.7 Å². The summed E-state index contributed by atoms with van der Waals surface area (Å²) in [4.78, 5) is 22.3. The number of primary amides is 1. The van der Waals surface area contributed by atoms with Crippen molar-refractivity contribution in [3.05, 3.63) is 35.4 Å². The maximum Gasteiger partial charge on any atom is 0.251 e. The molecule has 5 nitrogen and oxygen atoms in total. The van der Waals surface area contributed by atoms with Gasteiger partial charge in [-0.1, -0.05) is 0 Å². The van der Waals surface area contributed by atoms with Crippen molar-refractivity contribution < 1.29 is 14.7 Å². The number of aliphatic hydroxyl groups excluding tert-OH is 1. The number of amides is 2. The number of hydrogen-bond acceptors (Lipinski definition) is 3. The lowest BCUT2D eigenvalue weighted by Crippen LogP contribution is -2.30. The van der Waals surface area contributed by atoms with Crippen molar-refractivity contribution in [3.63, 3.8) is 0 Å². The van der Waals surface area contributed by atoms with Gasteiger partial charge < -0.3 is 16.2 Å². The van der Waals surface area contributed by atoms with Crippen LogP contribution in [0, 0.1) is 0 Å². The van der Waals surface area contributed by atoms with Crippen LogP contribution < -0.4 is 11.1 Å². The van der Waals surface area contributed by atoms with Crippen molar-refractivity contribution in [1.82, 2.24) is 5.32 Å². The molecule has 1 atom stereocenters. The minimum Gasteiger partial charge on any atom is -0.392 e. The molecule has 0 saturated carbocycles. The van der Waals surface area contributed by atoms with E-state index in [1.807, 2.05) is 0 Å². The van der Waals surface area contributed by atoms with E-state index in [9.17, 15) is 9.59 Å². The Morgan fingerprint density at radius 3 is 2.25 bits per heavy atom. The molecule has 1 rings (SSSR count). The van der Waals surface area contributed by atoms with E-state index in [0.717, 1.165) is 0 Å². The zero-order valence-corrected chi connectivity index (χ0v) is 8.93. The molecule has 16 heavy (non-hydrogen) atoms. The third kappa shape index (κ3) is 3.36. The Bertz CT molecular complexity index is 385. The number of hydrogen-bond donors (Lipinski definition) is 3. The van der Waals surface area contributed by atoms with Crippen LogP contribution in [0.15, 0.2) is 24.3 Å². The molecular formula is C11H14N2O3. The van der Waals surface area contributed by atoms with Gasteiger partial charge in [0.2, 0.25) is 5.91 Å². The Morgan fingerprint density at radius 1 is 1.31 bits per heavy atom. The highest BCUT2D eigenvalue weighted by atomic mass is 16.3. The van der Waals surface area contributed by atoms with Crippen LogP contribution in [0.5, 0.6) is 0 Å². The fraction of sp³-hybridized carbons (Fsp3) is 0.273. The zero-order valence-electron chi connectivity index (χ0n) is 8.93. The average Bonchev–Trinajstić information content (AvgIpc) is 2.26. The second kappa shape index (κ2) is 5.27. The molecule has 86 valence electrons. The third-order valence-electron chi connectivity index (χ3n) is 1.99. The number of nitrogens with one attached hydrogen (secondary N) is 1. The number of rotatable bonds is 4. The molecule has 1 aromatic carbocycles. The highest BCUT2D eigenvalue weighted by Crippen LogP contribution is 2.03. The molecule has 1 unspecified atom stereocenters. The van der Waals surface area contributed by atoms with Gasteiger partial charge in [0.1, 0.15) is 0 Å². The minimum atomic E-state index is -0.589. The fourth-order valence-electron chi connectivity index (χ4n) is 1.13. The van der Waals surface area contributed by atoms with Gasteiger partial charge in [-0.2, -0.15) is 0 Å². The molecule has 0 aliphatic carbocycles. The first-order valence-corrected chi connectivity index (χ1v) is 4.87. The topological polar surface area (TPSA) is 92.4 Å². The number of carbonyl (C=O) groups is 2. The highest BCUT2D eigenvalue weighted by Gasteiger charge is 2.07. The van der Waals surface area contributed by atoms with Crippen molar-refractivity contribution >= 4 is 11.8 Å². The molecule has 4 N–H and O–H groups in total. The Kier molecular flexibility index (Phi) is 4.02. The van der Waals surface area contributed by atoms with E-state index in [1.54, 1.807) is 6.92 Å². The molecule has 2 amide bonds. The SMILES string of the molecule is CC(O)CNC(=O)c1ccc(C(N)=O)cc1. The van der Waals surface area contributed by atoms with Gasteiger partial charge >= 0.3 is 0 Å². The Labute approximate surface area is 93.3 Å². The molecule has 0 aromatic heterocycles. The predicted molar refractivity (Wildman–Crippen MR) is 59.0 cm³/mol. The van der Waals surface area contributed by atoms with E-state index >= 15 is 0 Å². The quantitative estimate of drug-likeness (QED) is 0.664. The van der Waals surface area contributed by atoms with Gasteiger partial charge in [-0.15, -0.1) is 0 Å². The standard InChI is InChI=1S/C11H14N2O3/c1-7(14)6-13-11(16)9-4-2-8(3-5-9)10(12)15/h2-5,7,14H,6H2,1H3,(H2,12,15)(H,13,16). The smallest absolute Gasteiger partial charge is 0.251 e. The largest absolute Gasteiger partial charge is 0.392 e. The molecule has 0 radical (unpaired) electrons. The lowest BCUT2D eigenvalue weighted by molar-refractivity contribution is 0.0922. The fourth-order valence-corrected chi connectivity index (χ4v) is 1.13. The van der Waals surface area contributed by atoms with Gasteiger partial charge in [-0.25, -0.2) is 0 Å². The van der Waals surface area contributed by atoms with Crippen LogP contribution in [0.25, 0.3) is 0 Å². The van der Waals surface area contributed by atoms with Crippen LogP contribution in [0.2, 0.25) is 0 Å². The molecular weight excluding hydrogens is 208 g/mol. The number of benzene rings is 1. The Morgan fingerprint density at radius 2 is 1.81 bits per heavy atom. The van der Waals surface area contributed by atoms with E-state index < -0.39 is 12.0 Å². The summed E-state index contributed by atoms with van der Waals surface area (Å²) in [5.74, 6) is -0.826. The molecule has 0 fully saturated rings. The summed E-state index contributed by atoms with van der Waals surface area (Å²) < 4.78 is 0. The van der Waals surface area contributed by atoms with Crippen molar-refractivity contribution in [1.29, 1.82) is 0 Å². The van der Waals surface area contributed by atoms with Crippen LogP contribution in [-0.2, 0) is 0 Å². The zero-order chi connectivity index (χ0) is 12.1. The number of nitrogens with two attached hydrogens (primary N) is 1. The summed E-state index contributed by atoms with van der Waals surface area (Å²) in [6.07, 6.45) is -0.589. The van der Waals surface area contributed by atoms with Gasteiger partial charge in [-0.3, -0.25) is 9.59 Å². The van der Waals surface area contributed by atoms with Crippen molar-refractivity contribution in [2.24, 2.45) is 5.73 Å². The molecule has 0 spiro atoms. The van der Waals surface area contributed by atoms with E-state index in [0.29, 0.717) is 11.1 Å². The maximum absolute atomic E-state index is 11.5. The number of carbonyl (C=O) groups excluding carboxylic acids is 2.